The largest absolute Gasteiger partial charge is 0.366 e. The first-order chi connectivity index (χ1) is 11.8. The summed E-state index contributed by atoms with van der Waals surface area (Å²) >= 11 is 0. The van der Waals surface area contributed by atoms with Crippen LogP contribution in [0, 0.1) is 6.92 Å². The lowest BCUT2D eigenvalue weighted by molar-refractivity contribution is 0.969. The van der Waals surface area contributed by atoms with E-state index in [0.717, 1.165) is 24.5 Å². The molecule has 122 valence electrons. The minimum atomic E-state index is 0.656. The van der Waals surface area contributed by atoms with Gasteiger partial charge in [0.05, 0.1) is 0 Å². The van der Waals surface area contributed by atoms with E-state index in [4.69, 9.17) is 0 Å². The molecule has 0 atom stereocenters. The zero-order valence-corrected chi connectivity index (χ0v) is 13.7. The summed E-state index contributed by atoms with van der Waals surface area (Å²) in [5.74, 6) is 1.48. The molecule has 2 aromatic heterocycles. The Morgan fingerprint density at radius 2 is 1.67 bits per heavy atom. The average molecular weight is 319 g/mol. The van der Waals surface area contributed by atoms with Gasteiger partial charge in [0.25, 0.3) is 0 Å². The molecule has 5 nitrogen and oxygen atoms in total. The van der Waals surface area contributed by atoms with E-state index in [0.29, 0.717) is 12.5 Å². The Kier molecular flexibility index (Phi) is 5.35. The highest BCUT2D eigenvalue weighted by Gasteiger charge is 2.02. The molecule has 2 heterocycles. The van der Waals surface area contributed by atoms with Gasteiger partial charge < -0.3 is 10.6 Å². The third kappa shape index (κ3) is 4.78. The highest BCUT2D eigenvalue weighted by molar-refractivity contribution is 5.42. The average Bonchev–Trinajstić information content (AvgIpc) is 2.61. The molecule has 2 N–H and O–H groups in total. The summed E-state index contributed by atoms with van der Waals surface area (Å²) in [6.07, 6.45) is 4.52. The van der Waals surface area contributed by atoms with Crippen molar-refractivity contribution in [1.29, 1.82) is 0 Å². The first-order valence-corrected chi connectivity index (χ1v) is 8.06. The highest BCUT2D eigenvalue weighted by Crippen LogP contribution is 2.11. The van der Waals surface area contributed by atoms with Gasteiger partial charge in [0, 0.05) is 37.2 Å². The lowest BCUT2D eigenvalue weighted by Gasteiger charge is -2.10. The molecule has 3 rings (SSSR count). The minimum absolute atomic E-state index is 0.656. The maximum absolute atomic E-state index is 4.53. The monoisotopic (exact) mass is 319 g/mol. The molecule has 0 radical (unpaired) electrons. The Labute approximate surface area is 142 Å². The number of aryl methyl sites for hydroxylation is 1. The predicted octanol–water partition coefficient (Wildman–Crippen LogP) is 3.45. The molecule has 0 fully saturated rings. The van der Waals surface area contributed by atoms with Gasteiger partial charge in [0.15, 0.2) is 0 Å². The van der Waals surface area contributed by atoms with Crippen molar-refractivity contribution in [2.24, 2.45) is 0 Å². The van der Waals surface area contributed by atoms with Crippen LogP contribution in [0.15, 0.2) is 60.9 Å². The van der Waals surface area contributed by atoms with Crippen LogP contribution in [0.25, 0.3) is 0 Å². The van der Waals surface area contributed by atoms with Crippen molar-refractivity contribution in [2.45, 2.75) is 19.9 Å². The molecule has 5 heteroatoms. The quantitative estimate of drug-likeness (QED) is 0.698. The molecule has 0 aliphatic rings. The Morgan fingerprint density at radius 1 is 0.875 bits per heavy atom. The van der Waals surface area contributed by atoms with Gasteiger partial charge in [0.1, 0.15) is 5.82 Å². The van der Waals surface area contributed by atoms with Gasteiger partial charge in [-0.05, 0) is 36.6 Å². The van der Waals surface area contributed by atoms with Gasteiger partial charge in [0.2, 0.25) is 5.95 Å². The van der Waals surface area contributed by atoms with Crippen molar-refractivity contribution in [3.8, 4) is 0 Å². The number of benzene rings is 1. The molecule has 0 aliphatic heterocycles. The summed E-state index contributed by atoms with van der Waals surface area (Å²) < 4.78 is 0. The predicted molar refractivity (Wildman–Crippen MR) is 97.0 cm³/mol. The molecule has 0 bridgehead atoms. The van der Waals surface area contributed by atoms with Crippen molar-refractivity contribution >= 4 is 11.8 Å². The smallest absolute Gasteiger partial charge is 0.224 e. The second-order valence-corrected chi connectivity index (χ2v) is 5.59. The van der Waals surface area contributed by atoms with Gasteiger partial charge >= 0.3 is 0 Å². The van der Waals surface area contributed by atoms with Crippen LogP contribution in [-0.4, -0.2) is 21.5 Å². The van der Waals surface area contributed by atoms with Gasteiger partial charge in [-0.2, -0.15) is 4.98 Å². The first-order valence-electron chi connectivity index (χ1n) is 8.06. The van der Waals surface area contributed by atoms with Crippen LogP contribution in [0.1, 0.15) is 16.8 Å². The SMILES string of the molecule is Cc1cc(NCc2ccncc2)nc(NCCc2ccccc2)n1. The maximum Gasteiger partial charge on any atom is 0.224 e. The van der Waals surface area contributed by atoms with E-state index in [1.54, 1.807) is 12.4 Å². The molecular weight excluding hydrogens is 298 g/mol. The molecule has 0 aliphatic carbocycles. The Balaban J connectivity index is 1.57. The molecule has 0 saturated heterocycles. The molecule has 0 saturated carbocycles. The Morgan fingerprint density at radius 3 is 2.46 bits per heavy atom. The van der Waals surface area contributed by atoms with Gasteiger partial charge in [-0.1, -0.05) is 30.3 Å². The number of rotatable bonds is 7. The van der Waals surface area contributed by atoms with Crippen LogP contribution >= 0.6 is 0 Å². The van der Waals surface area contributed by atoms with Crippen molar-refractivity contribution in [3.63, 3.8) is 0 Å². The first kappa shape index (κ1) is 15.9. The van der Waals surface area contributed by atoms with E-state index in [9.17, 15) is 0 Å². The topological polar surface area (TPSA) is 62.7 Å². The summed E-state index contributed by atoms with van der Waals surface area (Å²) in [5, 5.41) is 6.63. The third-order valence-electron chi connectivity index (χ3n) is 3.62. The number of hydrogen-bond acceptors (Lipinski definition) is 5. The van der Waals surface area contributed by atoms with Crippen LogP contribution in [0.2, 0.25) is 0 Å². The van der Waals surface area contributed by atoms with Crippen LogP contribution < -0.4 is 10.6 Å². The molecule has 24 heavy (non-hydrogen) atoms. The van der Waals surface area contributed by atoms with Crippen LogP contribution in [0.3, 0.4) is 0 Å². The van der Waals surface area contributed by atoms with Crippen LogP contribution in [-0.2, 0) is 13.0 Å². The number of nitrogens with zero attached hydrogens (tertiary/aromatic N) is 3. The lowest BCUT2D eigenvalue weighted by Crippen LogP contribution is -2.10. The standard InChI is InChI=1S/C19H21N5/c1-15-13-18(22-14-17-7-10-20-11-8-17)24-19(23-15)21-12-9-16-5-3-2-4-6-16/h2-8,10-11,13H,9,12,14H2,1H3,(H2,21,22,23,24). The van der Waals surface area contributed by atoms with E-state index < -0.39 is 0 Å². The van der Waals surface area contributed by atoms with Crippen LogP contribution in [0.5, 0.6) is 0 Å². The highest BCUT2D eigenvalue weighted by atomic mass is 15.1. The van der Waals surface area contributed by atoms with Crippen molar-refractivity contribution < 1.29 is 0 Å². The van der Waals surface area contributed by atoms with Gasteiger partial charge in [-0.15, -0.1) is 0 Å². The summed E-state index contributed by atoms with van der Waals surface area (Å²) in [6, 6.07) is 16.3. The number of hydrogen-bond donors (Lipinski definition) is 2. The summed E-state index contributed by atoms with van der Waals surface area (Å²) in [5.41, 5.74) is 3.40. The molecule has 0 unspecified atom stereocenters. The van der Waals surface area contributed by atoms with E-state index in [1.165, 1.54) is 11.1 Å². The number of anilines is 2. The van der Waals surface area contributed by atoms with Crippen molar-refractivity contribution in [3.05, 3.63) is 77.7 Å². The summed E-state index contributed by atoms with van der Waals surface area (Å²) in [7, 11) is 0. The molecule has 1 aromatic carbocycles. The fourth-order valence-electron chi connectivity index (χ4n) is 2.39. The minimum Gasteiger partial charge on any atom is -0.366 e. The number of nitrogens with one attached hydrogen (secondary N) is 2. The second-order valence-electron chi connectivity index (χ2n) is 5.59. The zero-order valence-electron chi connectivity index (χ0n) is 13.7. The maximum atomic E-state index is 4.53. The van der Waals surface area contributed by atoms with Gasteiger partial charge in [-0.3, -0.25) is 4.98 Å². The Hall–Kier alpha value is -2.95. The third-order valence-corrected chi connectivity index (χ3v) is 3.62. The van der Waals surface area contributed by atoms with Crippen molar-refractivity contribution in [1.82, 2.24) is 15.0 Å². The fraction of sp³-hybridized carbons (Fsp3) is 0.211. The van der Waals surface area contributed by atoms with E-state index in [-0.39, 0.29) is 0 Å². The van der Waals surface area contributed by atoms with E-state index >= 15 is 0 Å². The zero-order chi connectivity index (χ0) is 16.6. The second kappa shape index (κ2) is 8.06. The van der Waals surface area contributed by atoms with Gasteiger partial charge in [-0.25, -0.2) is 4.98 Å². The lowest BCUT2D eigenvalue weighted by atomic mass is 10.1. The normalized spacial score (nSPS) is 10.4. The Bertz CT molecular complexity index is 759. The molecule has 0 amide bonds. The fourth-order valence-corrected chi connectivity index (χ4v) is 2.39. The summed E-state index contributed by atoms with van der Waals surface area (Å²) in [6.45, 7) is 3.49. The molecular formula is C19H21N5. The molecule has 0 spiro atoms. The van der Waals surface area contributed by atoms with E-state index in [1.807, 2.05) is 31.2 Å². The van der Waals surface area contributed by atoms with Crippen molar-refractivity contribution in [2.75, 3.05) is 17.2 Å². The number of aromatic nitrogens is 3. The summed E-state index contributed by atoms with van der Waals surface area (Å²) in [4.78, 5) is 13.0. The molecule has 3 aromatic rings. The van der Waals surface area contributed by atoms with E-state index in [2.05, 4.69) is 49.9 Å². The van der Waals surface area contributed by atoms with Crippen LogP contribution in [0.4, 0.5) is 11.8 Å². The number of pyridine rings is 1.